The second-order valence-electron chi connectivity index (χ2n) is 10.4. The molecule has 0 spiro atoms. The van der Waals surface area contributed by atoms with Crippen molar-refractivity contribution in [1.29, 1.82) is 0 Å². The summed E-state index contributed by atoms with van der Waals surface area (Å²) in [6, 6.07) is 14.9. The summed E-state index contributed by atoms with van der Waals surface area (Å²) in [7, 11) is 0. The number of ether oxygens (including phenoxy) is 1. The maximum Gasteiger partial charge on any atom is 0.335 e. The van der Waals surface area contributed by atoms with Crippen molar-refractivity contribution in [2.75, 3.05) is 24.8 Å². The van der Waals surface area contributed by atoms with Gasteiger partial charge in [-0.3, -0.25) is 19.3 Å². The molecule has 3 aliphatic heterocycles. The van der Waals surface area contributed by atoms with E-state index in [4.69, 9.17) is 4.74 Å². The van der Waals surface area contributed by atoms with E-state index in [0.29, 0.717) is 5.56 Å². The number of pyridine rings is 1. The van der Waals surface area contributed by atoms with Gasteiger partial charge in [-0.2, -0.15) is 0 Å². The van der Waals surface area contributed by atoms with E-state index in [-0.39, 0.29) is 53.5 Å². The Kier molecular flexibility index (Phi) is 6.47. The zero-order valence-corrected chi connectivity index (χ0v) is 23.2. The lowest BCUT2D eigenvalue weighted by Gasteiger charge is -2.51. The van der Waals surface area contributed by atoms with E-state index < -0.39 is 46.9 Å². The smallest absolute Gasteiger partial charge is 0.335 e. The van der Waals surface area contributed by atoms with Gasteiger partial charge in [-0.05, 0) is 41.0 Å². The standard InChI is InChI=1S/C31H23F2N3O6S/c32-22-9-8-18-21(25(22)33)15-43-23-7-2-1-6-19(23)26(18)36-24-14-42-11-10-34(24)30(39)27-29(38)28(37)20(13-35(27)36)16-4-3-5-17(12-16)31(40)41/h1-9,12-13,24,26,38H,10-11,14-15H2,(H,40,41)/t24-,26-/m1/s1. The van der Waals surface area contributed by atoms with Gasteiger partial charge in [0.1, 0.15) is 6.17 Å². The molecule has 1 fully saturated rings. The summed E-state index contributed by atoms with van der Waals surface area (Å²) in [4.78, 5) is 41.4. The molecule has 0 aliphatic carbocycles. The van der Waals surface area contributed by atoms with Crippen molar-refractivity contribution in [3.63, 3.8) is 0 Å². The molecule has 0 bridgehead atoms. The Morgan fingerprint density at radius 1 is 1.02 bits per heavy atom. The molecule has 9 nitrogen and oxygen atoms in total. The van der Waals surface area contributed by atoms with E-state index in [1.165, 1.54) is 57.9 Å². The number of aromatic carboxylic acids is 1. The topological polar surface area (TPSA) is 112 Å². The van der Waals surface area contributed by atoms with Crippen LogP contribution in [-0.4, -0.2) is 57.6 Å². The molecular weight excluding hydrogens is 580 g/mol. The highest BCUT2D eigenvalue weighted by molar-refractivity contribution is 7.98. The average Bonchev–Trinajstić information content (AvgIpc) is 3.18. The lowest BCUT2D eigenvalue weighted by molar-refractivity contribution is -0.0197. The number of hydrogen-bond acceptors (Lipinski definition) is 7. The first-order chi connectivity index (χ1) is 20.8. The summed E-state index contributed by atoms with van der Waals surface area (Å²) >= 11 is 1.35. The molecule has 1 aromatic heterocycles. The summed E-state index contributed by atoms with van der Waals surface area (Å²) < 4.78 is 37.1. The molecular formula is C31H23F2N3O6S. The largest absolute Gasteiger partial charge is 0.502 e. The number of aromatic hydroxyl groups is 1. The minimum Gasteiger partial charge on any atom is -0.502 e. The molecule has 0 saturated carbocycles. The normalized spacial score (nSPS) is 19.2. The molecule has 2 N–H and O–H groups in total. The fourth-order valence-electron chi connectivity index (χ4n) is 6.07. The molecule has 7 rings (SSSR count). The molecule has 3 aliphatic rings. The Bertz CT molecular complexity index is 1900. The van der Waals surface area contributed by atoms with Crippen molar-refractivity contribution in [3.8, 4) is 16.9 Å². The van der Waals surface area contributed by atoms with Crippen LogP contribution < -0.4 is 10.4 Å². The van der Waals surface area contributed by atoms with Crippen LogP contribution in [0.5, 0.6) is 5.75 Å². The predicted octanol–water partition coefficient (Wildman–Crippen LogP) is 4.34. The van der Waals surface area contributed by atoms with Gasteiger partial charge in [0.25, 0.3) is 5.91 Å². The third kappa shape index (κ3) is 4.20. The molecule has 0 radical (unpaired) electrons. The minimum atomic E-state index is -1.20. The highest BCUT2D eigenvalue weighted by atomic mass is 32.2. The Labute approximate surface area is 247 Å². The van der Waals surface area contributed by atoms with E-state index in [2.05, 4.69) is 0 Å². The second kappa shape index (κ2) is 10.2. The molecule has 4 aromatic rings. The van der Waals surface area contributed by atoms with Gasteiger partial charge >= 0.3 is 5.97 Å². The highest BCUT2D eigenvalue weighted by Gasteiger charge is 2.46. The van der Waals surface area contributed by atoms with Crippen LogP contribution >= 0.6 is 11.8 Å². The molecule has 1 amide bonds. The maximum atomic E-state index is 15.4. The van der Waals surface area contributed by atoms with Gasteiger partial charge < -0.3 is 19.8 Å². The fraction of sp³-hybridized carbons (Fsp3) is 0.194. The van der Waals surface area contributed by atoms with Crippen LogP contribution in [0.1, 0.15) is 43.6 Å². The number of halogens is 2. The first-order valence-electron chi connectivity index (χ1n) is 13.4. The van der Waals surface area contributed by atoms with Crippen molar-refractivity contribution in [3.05, 3.63) is 117 Å². The fourth-order valence-corrected chi connectivity index (χ4v) is 7.18. The molecule has 4 heterocycles. The number of carbonyl (C=O) groups excluding carboxylic acids is 1. The average molecular weight is 604 g/mol. The van der Waals surface area contributed by atoms with Gasteiger partial charge in [0.05, 0.1) is 30.4 Å². The summed E-state index contributed by atoms with van der Waals surface area (Å²) in [6.07, 6.45) is 0.638. The van der Waals surface area contributed by atoms with Crippen LogP contribution in [0.3, 0.4) is 0 Å². The van der Waals surface area contributed by atoms with Crippen molar-refractivity contribution in [1.82, 2.24) is 9.58 Å². The van der Waals surface area contributed by atoms with E-state index in [0.717, 1.165) is 16.5 Å². The summed E-state index contributed by atoms with van der Waals surface area (Å²) in [5.74, 6) is -4.40. The number of thioether (sulfide) groups is 1. The van der Waals surface area contributed by atoms with Crippen molar-refractivity contribution in [2.24, 2.45) is 0 Å². The number of aromatic nitrogens is 1. The van der Waals surface area contributed by atoms with Crippen LogP contribution in [0.25, 0.3) is 11.1 Å². The highest BCUT2D eigenvalue weighted by Crippen LogP contribution is 2.45. The van der Waals surface area contributed by atoms with Crippen molar-refractivity contribution >= 4 is 23.6 Å². The molecule has 12 heteroatoms. The monoisotopic (exact) mass is 603 g/mol. The van der Waals surface area contributed by atoms with Gasteiger partial charge in [-0.15, -0.1) is 11.8 Å². The molecule has 3 aromatic carbocycles. The maximum absolute atomic E-state index is 15.4. The van der Waals surface area contributed by atoms with E-state index in [1.807, 2.05) is 24.3 Å². The number of carboxylic acid groups (broad SMARTS) is 1. The van der Waals surface area contributed by atoms with Crippen molar-refractivity contribution < 1.29 is 33.3 Å². The van der Waals surface area contributed by atoms with Crippen LogP contribution in [0, 0.1) is 11.6 Å². The molecule has 0 unspecified atom stereocenters. The molecule has 43 heavy (non-hydrogen) atoms. The van der Waals surface area contributed by atoms with Gasteiger partial charge in [-0.25, -0.2) is 13.6 Å². The molecule has 218 valence electrons. The number of morpholine rings is 1. The number of hydrogen-bond donors (Lipinski definition) is 2. The summed E-state index contributed by atoms with van der Waals surface area (Å²) in [6.45, 7) is 0.463. The third-order valence-electron chi connectivity index (χ3n) is 8.08. The van der Waals surface area contributed by atoms with Crippen LogP contribution in [0.4, 0.5) is 8.78 Å². The van der Waals surface area contributed by atoms with Gasteiger partial charge in [0.15, 0.2) is 23.1 Å². The van der Waals surface area contributed by atoms with Crippen molar-refractivity contribution in [2.45, 2.75) is 22.9 Å². The van der Waals surface area contributed by atoms with Crippen LogP contribution in [0.15, 0.2) is 76.6 Å². The lowest BCUT2D eigenvalue weighted by Crippen LogP contribution is -2.66. The third-order valence-corrected chi connectivity index (χ3v) is 9.20. The van der Waals surface area contributed by atoms with E-state index in [1.54, 1.807) is 5.01 Å². The molecule has 1 saturated heterocycles. The van der Waals surface area contributed by atoms with Crippen LogP contribution in [0.2, 0.25) is 0 Å². The minimum absolute atomic E-state index is 0.0471. The zero-order chi connectivity index (χ0) is 30.0. The number of rotatable bonds is 3. The first kappa shape index (κ1) is 27.2. The summed E-state index contributed by atoms with van der Waals surface area (Å²) in [5, 5.41) is 22.6. The number of carbonyl (C=O) groups is 2. The van der Waals surface area contributed by atoms with Gasteiger partial charge in [0, 0.05) is 29.0 Å². The van der Waals surface area contributed by atoms with Gasteiger partial charge in [-0.1, -0.05) is 36.4 Å². The number of nitrogens with zero attached hydrogens (tertiary/aromatic N) is 3. The van der Waals surface area contributed by atoms with Crippen LogP contribution in [-0.2, 0) is 10.5 Å². The first-order valence-corrected chi connectivity index (χ1v) is 14.4. The predicted molar refractivity (Wildman–Crippen MR) is 153 cm³/mol. The van der Waals surface area contributed by atoms with E-state index >= 15 is 4.39 Å². The quantitative estimate of drug-likeness (QED) is 0.356. The number of carboxylic acids is 1. The number of benzene rings is 3. The zero-order valence-electron chi connectivity index (χ0n) is 22.4. The Morgan fingerprint density at radius 2 is 1.84 bits per heavy atom. The lowest BCUT2D eigenvalue weighted by atomic mass is 9.93. The summed E-state index contributed by atoms with van der Waals surface area (Å²) in [5.41, 5.74) is 0.321. The second-order valence-corrected chi connectivity index (χ2v) is 11.4. The Hall–Kier alpha value is -4.68. The Balaban J connectivity index is 1.55. The number of amides is 1. The molecule has 2 atom stereocenters. The van der Waals surface area contributed by atoms with E-state index in [9.17, 15) is 29.0 Å². The van der Waals surface area contributed by atoms with Gasteiger partial charge in [0.2, 0.25) is 5.43 Å². The SMILES string of the molecule is O=C(O)c1cccc(-c2cn3c(c(O)c2=O)C(=O)N2CCOC[C@H]2N3[C@H]2c3ccccc3SCc3c2ccc(F)c3F)c1. The number of fused-ring (bicyclic) bond motifs is 4. The Morgan fingerprint density at radius 3 is 2.65 bits per heavy atom.